The molecule has 0 radical (unpaired) electrons. The number of carbonyl (C=O) groups excluding carboxylic acids is 1. The topological polar surface area (TPSA) is 102 Å². The lowest BCUT2D eigenvalue weighted by atomic mass is 9.99. The van der Waals surface area contributed by atoms with Gasteiger partial charge in [0.1, 0.15) is 17.2 Å². The molecule has 0 saturated carbocycles. The highest BCUT2D eigenvalue weighted by Gasteiger charge is 2.32. The molecule has 3 aromatic carbocycles. The minimum absolute atomic E-state index is 0.00539. The number of ether oxygens (including phenoxy) is 1. The molecule has 7 nitrogen and oxygen atoms in total. The molecule has 0 saturated heterocycles. The summed E-state index contributed by atoms with van der Waals surface area (Å²) < 4.78 is 27.6. The molecule has 0 fully saturated rings. The van der Waals surface area contributed by atoms with Crippen LogP contribution in [0.3, 0.4) is 0 Å². The number of esters is 1. The molecule has 8 heteroatoms. The van der Waals surface area contributed by atoms with Crippen molar-refractivity contribution in [2.45, 2.75) is 6.10 Å². The molecule has 0 spiro atoms. The van der Waals surface area contributed by atoms with Crippen molar-refractivity contribution in [3.05, 3.63) is 89.5 Å². The zero-order valence-electron chi connectivity index (χ0n) is 14.4. The van der Waals surface area contributed by atoms with E-state index >= 15 is 0 Å². The number of hydrogen-bond donors (Lipinski definition) is 2. The number of fused-ring (bicyclic) bond motifs is 1. The van der Waals surface area contributed by atoms with Crippen LogP contribution in [-0.2, 0) is 9.30 Å². The average molecular weight is 398 g/mol. The number of phenols is 1. The number of phosphoric ester groups is 1. The predicted molar refractivity (Wildman–Crippen MR) is 99.3 cm³/mol. The monoisotopic (exact) mass is 398 g/mol. The van der Waals surface area contributed by atoms with Gasteiger partial charge < -0.3 is 18.9 Å². The highest BCUT2D eigenvalue weighted by Crippen LogP contribution is 2.45. The Labute approximate surface area is 160 Å². The van der Waals surface area contributed by atoms with E-state index in [9.17, 15) is 19.4 Å². The number of aromatic hydroxyl groups is 1. The van der Waals surface area contributed by atoms with Gasteiger partial charge in [-0.15, -0.1) is 0 Å². The van der Waals surface area contributed by atoms with Crippen molar-refractivity contribution in [3.8, 4) is 17.2 Å². The van der Waals surface area contributed by atoms with Crippen LogP contribution >= 0.6 is 7.82 Å². The van der Waals surface area contributed by atoms with Gasteiger partial charge in [-0.25, -0.2) is 9.36 Å². The van der Waals surface area contributed by atoms with E-state index in [0.29, 0.717) is 11.1 Å². The normalized spacial score (nSPS) is 17.3. The van der Waals surface area contributed by atoms with Crippen molar-refractivity contribution in [1.82, 2.24) is 0 Å². The molecule has 28 heavy (non-hydrogen) atoms. The molecule has 0 bridgehead atoms. The summed E-state index contributed by atoms with van der Waals surface area (Å²) >= 11 is 0. The maximum Gasteiger partial charge on any atom is 0.584 e. The summed E-state index contributed by atoms with van der Waals surface area (Å²) in [5.74, 6) is -0.186. The fourth-order valence-electron chi connectivity index (χ4n) is 2.89. The maximum atomic E-state index is 12.2. The van der Waals surface area contributed by atoms with Crippen LogP contribution in [0.25, 0.3) is 0 Å². The van der Waals surface area contributed by atoms with Crippen molar-refractivity contribution in [1.29, 1.82) is 0 Å². The number of carbonyl (C=O) groups is 1. The smallest absolute Gasteiger partial charge is 0.508 e. The van der Waals surface area contributed by atoms with Crippen molar-refractivity contribution < 1.29 is 33.1 Å². The van der Waals surface area contributed by atoms with Crippen LogP contribution in [0, 0.1) is 0 Å². The highest BCUT2D eigenvalue weighted by molar-refractivity contribution is 7.48. The van der Waals surface area contributed by atoms with Crippen molar-refractivity contribution >= 4 is 13.8 Å². The lowest BCUT2D eigenvalue weighted by molar-refractivity contribution is 0.0456. The summed E-state index contributed by atoms with van der Waals surface area (Å²) in [4.78, 5) is 21.9. The number of benzene rings is 3. The van der Waals surface area contributed by atoms with E-state index in [1.807, 2.05) is 12.1 Å². The number of hydrogen-bond acceptors (Lipinski definition) is 6. The molecule has 142 valence electrons. The first-order valence-electron chi connectivity index (χ1n) is 8.32. The van der Waals surface area contributed by atoms with Crippen molar-refractivity contribution in [2.24, 2.45) is 0 Å². The zero-order chi connectivity index (χ0) is 19.7. The first-order valence-corrected chi connectivity index (χ1v) is 9.82. The van der Waals surface area contributed by atoms with Crippen LogP contribution in [0.2, 0.25) is 0 Å². The van der Waals surface area contributed by atoms with Crippen molar-refractivity contribution in [3.63, 3.8) is 0 Å². The van der Waals surface area contributed by atoms with Gasteiger partial charge in [-0.2, -0.15) is 0 Å². The molecule has 0 amide bonds. The fourth-order valence-corrected chi connectivity index (χ4v) is 3.70. The van der Waals surface area contributed by atoms with Gasteiger partial charge in [0.15, 0.2) is 6.10 Å². The molecule has 3 aromatic rings. The molecule has 1 aliphatic rings. The third kappa shape index (κ3) is 3.71. The first kappa shape index (κ1) is 18.1. The Morgan fingerprint density at radius 2 is 1.43 bits per heavy atom. The second kappa shape index (κ2) is 7.03. The van der Waals surface area contributed by atoms with E-state index in [4.69, 9.17) is 13.8 Å². The Hall–Kier alpha value is -3.28. The molecule has 2 atom stereocenters. The second-order valence-electron chi connectivity index (χ2n) is 6.09. The average Bonchev–Trinajstić information content (AvgIpc) is 3.01. The van der Waals surface area contributed by atoms with E-state index in [-0.39, 0.29) is 23.2 Å². The van der Waals surface area contributed by atoms with Gasteiger partial charge in [-0.3, -0.25) is 4.89 Å². The minimum atomic E-state index is -4.42. The van der Waals surface area contributed by atoms with Crippen LogP contribution in [0.4, 0.5) is 0 Å². The van der Waals surface area contributed by atoms with Gasteiger partial charge in [0.05, 0.1) is 5.56 Å². The third-order valence-corrected chi connectivity index (χ3v) is 5.03. The number of cyclic esters (lactones) is 1. The van der Waals surface area contributed by atoms with Crippen LogP contribution in [0.5, 0.6) is 17.2 Å². The summed E-state index contributed by atoms with van der Waals surface area (Å²) in [6, 6.07) is 18.7. The molecular weight excluding hydrogens is 383 g/mol. The molecule has 1 heterocycles. The molecule has 0 aliphatic carbocycles. The fraction of sp³-hybridized carbons (Fsp3) is 0.0500. The van der Waals surface area contributed by atoms with Crippen LogP contribution in [0.15, 0.2) is 72.8 Å². The summed E-state index contributed by atoms with van der Waals surface area (Å²) in [6.45, 7) is 0. The maximum absolute atomic E-state index is 12.2. The van der Waals surface area contributed by atoms with Crippen LogP contribution in [-0.4, -0.2) is 16.0 Å². The van der Waals surface area contributed by atoms with Crippen LogP contribution in [0.1, 0.15) is 27.6 Å². The summed E-state index contributed by atoms with van der Waals surface area (Å²) in [5, 5.41) is 9.23. The van der Waals surface area contributed by atoms with E-state index in [1.54, 1.807) is 24.3 Å². The predicted octanol–water partition coefficient (Wildman–Crippen LogP) is 4.21. The van der Waals surface area contributed by atoms with Gasteiger partial charge in [-0.1, -0.05) is 30.3 Å². The van der Waals surface area contributed by atoms with Gasteiger partial charge in [0, 0.05) is 5.56 Å². The van der Waals surface area contributed by atoms with Crippen molar-refractivity contribution in [2.75, 3.05) is 0 Å². The standard InChI is InChI=1S/C20H15O7P/c21-14-7-11-16(12-8-14)27-28(23,24)26-15-9-5-13(6-10-15)19-17-3-1-2-4-18(17)20(22)25-19/h1-12,19,21H,(H,23,24). The Morgan fingerprint density at radius 3 is 2.07 bits per heavy atom. The van der Waals surface area contributed by atoms with Gasteiger partial charge in [0.25, 0.3) is 0 Å². The SMILES string of the molecule is O=C1OC(c2ccc(OP(=O)(O)Oc3ccc(O)cc3)cc2)c2ccccc21. The van der Waals surface area contributed by atoms with Gasteiger partial charge in [0.2, 0.25) is 0 Å². The molecule has 0 aromatic heterocycles. The summed E-state index contributed by atoms with van der Waals surface area (Å²) in [5.41, 5.74) is 2.00. The van der Waals surface area contributed by atoms with E-state index in [1.165, 1.54) is 36.4 Å². The third-order valence-electron chi connectivity index (χ3n) is 4.15. The summed E-state index contributed by atoms with van der Waals surface area (Å²) in [6.07, 6.45) is -0.535. The number of rotatable bonds is 5. The molecule has 2 N–H and O–H groups in total. The van der Waals surface area contributed by atoms with Gasteiger partial charge in [-0.05, 0) is 48.0 Å². The second-order valence-corrected chi connectivity index (χ2v) is 7.39. The molecule has 2 unspecified atom stereocenters. The Bertz CT molecular complexity index is 1060. The molecule has 4 rings (SSSR count). The Kier molecular flexibility index (Phi) is 4.55. The van der Waals surface area contributed by atoms with Gasteiger partial charge >= 0.3 is 13.8 Å². The number of phenolic OH excluding ortho intramolecular Hbond substituents is 1. The molecular formula is C20H15O7P. The number of phosphoric acid groups is 1. The lowest BCUT2D eigenvalue weighted by Crippen LogP contribution is -2.02. The first-order chi connectivity index (χ1) is 13.4. The quantitative estimate of drug-likeness (QED) is 0.490. The Balaban J connectivity index is 1.49. The zero-order valence-corrected chi connectivity index (χ0v) is 15.3. The highest BCUT2D eigenvalue weighted by atomic mass is 31.2. The molecule has 1 aliphatic heterocycles. The minimum Gasteiger partial charge on any atom is -0.508 e. The summed E-state index contributed by atoms with van der Waals surface area (Å²) in [7, 11) is -4.42. The van der Waals surface area contributed by atoms with E-state index in [0.717, 1.165) is 5.56 Å². The van der Waals surface area contributed by atoms with Crippen LogP contribution < -0.4 is 9.05 Å². The largest absolute Gasteiger partial charge is 0.584 e. The lowest BCUT2D eigenvalue weighted by Gasteiger charge is -2.15. The Morgan fingerprint density at radius 1 is 0.857 bits per heavy atom. The van der Waals surface area contributed by atoms with E-state index in [2.05, 4.69) is 0 Å². The van der Waals surface area contributed by atoms with E-state index < -0.39 is 13.9 Å².